The lowest BCUT2D eigenvalue weighted by atomic mass is 9.90. The Balaban J connectivity index is 1.32. The normalized spacial score (nSPS) is 11.5. The molecule has 2 heterocycles. The first-order valence-electron chi connectivity index (χ1n) is 15.3. The molecule has 1 nitrogen and oxygen atoms in total. The maximum atomic E-state index is 10.3. The molecule has 0 N–H and O–H groups in total. The Bertz CT molecular complexity index is 2650. The summed E-state index contributed by atoms with van der Waals surface area (Å²) in [4.78, 5) is 0. The summed E-state index contributed by atoms with van der Waals surface area (Å²) in [6, 6.07) is 56.6. The monoisotopic (exact) mass is 619 g/mol. The first kappa shape index (κ1) is 26.8. The topological polar surface area (TPSA) is 23.8 Å². The molecule has 214 valence electrons. The number of hydrogen-bond donors (Lipinski definition) is 0. The molecule has 0 unspecified atom stereocenters. The van der Waals surface area contributed by atoms with Gasteiger partial charge in [-0.2, -0.15) is 5.26 Å². The highest BCUT2D eigenvalue weighted by atomic mass is 32.1. The van der Waals surface area contributed by atoms with E-state index in [0.717, 1.165) is 22.3 Å². The van der Waals surface area contributed by atoms with Crippen LogP contribution < -0.4 is 0 Å². The van der Waals surface area contributed by atoms with Crippen LogP contribution in [0.4, 0.5) is 0 Å². The van der Waals surface area contributed by atoms with Crippen LogP contribution in [-0.4, -0.2) is 0 Å². The van der Waals surface area contributed by atoms with Gasteiger partial charge in [0, 0.05) is 40.3 Å². The molecule has 3 heteroatoms. The minimum Gasteiger partial charge on any atom is -0.192 e. The molecule has 2 aromatic heterocycles. The number of nitrogens with zero attached hydrogens (tertiary/aromatic N) is 1. The minimum atomic E-state index is 0.674. The van der Waals surface area contributed by atoms with E-state index in [1.807, 2.05) is 46.9 Å². The van der Waals surface area contributed by atoms with Gasteiger partial charge in [-0.1, -0.05) is 109 Å². The van der Waals surface area contributed by atoms with Gasteiger partial charge >= 0.3 is 0 Å². The fourth-order valence-corrected chi connectivity index (χ4v) is 9.15. The molecule has 0 radical (unpaired) electrons. The lowest BCUT2D eigenvalue weighted by Gasteiger charge is -2.14. The van der Waals surface area contributed by atoms with Crippen molar-refractivity contribution in [3.63, 3.8) is 0 Å². The second-order valence-corrected chi connectivity index (χ2v) is 13.7. The molecule has 0 fully saturated rings. The van der Waals surface area contributed by atoms with E-state index in [9.17, 15) is 5.26 Å². The number of thiophene rings is 2. The van der Waals surface area contributed by atoms with Crippen LogP contribution in [0.3, 0.4) is 0 Å². The number of fused-ring (bicyclic) bond motifs is 6. The molecule has 0 saturated heterocycles. The van der Waals surface area contributed by atoms with E-state index < -0.39 is 0 Å². The number of nitriles is 1. The molecule has 9 rings (SSSR count). The van der Waals surface area contributed by atoms with Crippen LogP contribution in [0.1, 0.15) is 5.56 Å². The van der Waals surface area contributed by atoms with Crippen LogP contribution in [0.2, 0.25) is 0 Å². The van der Waals surface area contributed by atoms with Crippen molar-refractivity contribution in [1.29, 1.82) is 5.26 Å². The Morgan fingerprint density at radius 3 is 1.85 bits per heavy atom. The zero-order chi connectivity index (χ0) is 30.6. The third-order valence-electron chi connectivity index (χ3n) is 8.92. The van der Waals surface area contributed by atoms with Crippen LogP contribution in [0, 0.1) is 11.3 Å². The molecule has 0 saturated carbocycles. The lowest BCUT2D eigenvalue weighted by molar-refractivity contribution is 1.47. The third-order valence-corrected chi connectivity index (χ3v) is 11.3. The van der Waals surface area contributed by atoms with E-state index in [2.05, 4.69) is 133 Å². The van der Waals surface area contributed by atoms with Gasteiger partial charge in [0.25, 0.3) is 0 Å². The zero-order valence-electron chi connectivity index (χ0n) is 24.7. The molecule has 0 aliphatic carbocycles. The number of benzene rings is 7. The first-order valence-corrected chi connectivity index (χ1v) is 16.9. The van der Waals surface area contributed by atoms with Gasteiger partial charge in [-0.25, -0.2) is 0 Å². The summed E-state index contributed by atoms with van der Waals surface area (Å²) in [5, 5.41) is 15.4. The van der Waals surface area contributed by atoms with E-state index in [1.165, 1.54) is 62.6 Å². The van der Waals surface area contributed by atoms with Gasteiger partial charge in [-0.05, 0) is 87.0 Å². The van der Waals surface area contributed by atoms with Crippen molar-refractivity contribution in [2.45, 2.75) is 0 Å². The molecule has 46 heavy (non-hydrogen) atoms. The highest BCUT2D eigenvalue weighted by molar-refractivity contribution is 7.26. The quantitative estimate of drug-likeness (QED) is 0.192. The zero-order valence-corrected chi connectivity index (χ0v) is 26.3. The smallest absolute Gasteiger partial charge is 0.0998 e. The first-order chi connectivity index (χ1) is 22.7. The summed E-state index contributed by atoms with van der Waals surface area (Å²) in [6.45, 7) is 0. The molecular formula is C43H25NS2. The van der Waals surface area contributed by atoms with Gasteiger partial charge < -0.3 is 0 Å². The third kappa shape index (κ3) is 4.35. The van der Waals surface area contributed by atoms with Crippen molar-refractivity contribution in [2.75, 3.05) is 0 Å². The minimum absolute atomic E-state index is 0.674. The number of hydrogen-bond acceptors (Lipinski definition) is 3. The summed E-state index contributed by atoms with van der Waals surface area (Å²) >= 11 is 3.70. The number of rotatable bonds is 4. The summed E-state index contributed by atoms with van der Waals surface area (Å²) < 4.78 is 5.18. The Morgan fingerprint density at radius 1 is 0.391 bits per heavy atom. The summed E-state index contributed by atoms with van der Waals surface area (Å²) in [7, 11) is 0. The van der Waals surface area contributed by atoms with Crippen LogP contribution in [0.25, 0.3) is 84.9 Å². The molecule has 9 aromatic rings. The fourth-order valence-electron chi connectivity index (χ4n) is 6.78. The summed E-state index contributed by atoms with van der Waals surface area (Å²) in [5.74, 6) is 0. The van der Waals surface area contributed by atoms with Crippen molar-refractivity contribution < 1.29 is 0 Å². The second kappa shape index (κ2) is 10.8. The lowest BCUT2D eigenvalue weighted by Crippen LogP contribution is -1.90. The molecule has 7 aromatic carbocycles. The molecule has 0 aliphatic rings. The maximum absolute atomic E-state index is 10.3. The average Bonchev–Trinajstić information content (AvgIpc) is 3.70. The van der Waals surface area contributed by atoms with Crippen molar-refractivity contribution >= 4 is 63.0 Å². The average molecular weight is 620 g/mol. The van der Waals surface area contributed by atoms with Crippen LogP contribution in [0.15, 0.2) is 152 Å². The Morgan fingerprint density at radius 2 is 1.02 bits per heavy atom. The fraction of sp³-hybridized carbons (Fsp3) is 0. The molecule has 0 amide bonds. The van der Waals surface area contributed by atoms with E-state index in [0.29, 0.717) is 5.56 Å². The largest absolute Gasteiger partial charge is 0.192 e. The van der Waals surface area contributed by atoms with Crippen molar-refractivity contribution in [3.8, 4) is 50.6 Å². The van der Waals surface area contributed by atoms with Gasteiger partial charge in [0.05, 0.1) is 11.6 Å². The van der Waals surface area contributed by atoms with Gasteiger partial charge in [0.2, 0.25) is 0 Å². The Hall–Kier alpha value is -5.53. The molecule has 0 bridgehead atoms. The van der Waals surface area contributed by atoms with E-state index in [-0.39, 0.29) is 0 Å². The highest BCUT2D eigenvalue weighted by Gasteiger charge is 2.17. The summed E-state index contributed by atoms with van der Waals surface area (Å²) in [6.07, 6.45) is 0. The van der Waals surface area contributed by atoms with Crippen molar-refractivity contribution in [2.24, 2.45) is 0 Å². The van der Waals surface area contributed by atoms with E-state index in [4.69, 9.17) is 0 Å². The Labute approximate surface area is 274 Å². The standard InChI is InChI=1S/C43H25NS2/c44-26-32-22-28(20-21-33(32)27-10-2-1-3-11-27)29-23-30(34-14-9-19-41-42(34)38-13-5-7-18-40(38)45-41)25-31(24-29)35-15-8-16-37-36-12-4-6-17-39(36)46-43(35)37/h1-25H. The summed E-state index contributed by atoms with van der Waals surface area (Å²) in [5.41, 5.74) is 9.60. The van der Waals surface area contributed by atoms with Gasteiger partial charge in [0.15, 0.2) is 0 Å². The second-order valence-electron chi connectivity index (χ2n) is 11.6. The predicted molar refractivity (Wildman–Crippen MR) is 199 cm³/mol. The SMILES string of the molecule is N#Cc1cc(-c2cc(-c3cccc4c3sc3ccccc34)cc(-c3cccc4sc5ccccc5c34)c2)ccc1-c1ccccc1. The van der Waals surface area contributed by atoms with Crippen LogP contribution in [-0.2, 0) is 0 Å². The molecule has 0 aliphatic heterocycles. The van der Waals surface area contributed by atoms with Gasteiger partial charge in [0.1, 0.15) is 0 Å². The van der Waals surface area contributed by atoms with E-state index in [1.54, 1.807) is 0 Å². The van der Waals surface area contributed by atoms with E-state index >= 15 is 0 Å². The van der Waals surface area contributed by atoms with Crippen molar-refractivity contribution in [3.05, 3.63) is 157 Å². The van der Waals surface area contributed by atoms with Crippen molar-refractivity contribution in [1.82, 2.24) is 0 Å². The highest BCUT2D eigenvalue weighted by Crippen LogP contribution is 2.45. The van der Waals surface area contributed by atoms with Gasteiger partial charge in [-0.15, -0.1) is 22.7 Å². The molecular weight excluding hydrogens is 595 g/mol. The molecule has 0 atom stereocenters. The predicted octanol–water partition coefficient (Wildman–Crippen LogP) is 13.0. The maximum Gasteiger partial charge on any atom is 0.0998 e. The van der Waals surface area contributed by atoms with Crippen LogP contribution >= 0.6 is 22.7 Å². The van der Waals surface area contributed by atoms with Crippen LogP contribution in [0.5, 0.6) is 0 Å². The van der Waals surface area contributed by atoms with Gasteiger partial charge in [-0.3, -0.25) is 0 Å². The molecule has 0 spiro atoms. The Kier molecular flexibility index (Phi) is 6.31.